The lowest BCUT2D eigenvalue weighted by atomic mass is 10.1. The number of hydrogen-bond donors (Lipinski definition) is 0. The van der Waals surface area contributed by atoms with E-state index in [4.69, 9.17) is 4.42 Å². The van der Waals surface area contributed by atoms with E-state index < -0.39 is 0 Å². The maximum atomic E-state index is 11.2. The fourth-order valence-corrected chi connectivity index (χ4v) is 2.97. The molecule has 0 atom stereocenters. The quantitative estimate of drug-likeness (QED) is 0.588. The number of carbonyl (C=O) groups excluding carboxylic acids is 2. The Morgan fingerprint density at radius 3 is 2.54 bits per heavy atom. The number of Topliss-reactive ketones (excluding diaryl/α,β-unsaturated/α-hetero) is 2. The molecule has 0 unspecified atom stereocenters. The Labute approximate surface area is 141 Å². The molecule has 2 aromatic carbocycles. The standard InChI is InChI=1S/C11H10O2.C10H10O/c1-7-4-3-5-9-6-10(8(2)12)13-11(7)9;1-7-2-4-9-8(6-7)3-5-10(9)11/h3-6H,1-2H3;2,4,6H,3,5H2,1H3. The van der Waals surface area contributed by atoms with Crippen molar-refractivity contribution in [2.45, 2.75) is 33.6 Å². The van der Waals surface area contributed by atoms with Gasteiger partial charge in [0.05, 0.1) is 0 Å². The van der Waals surface area contributed by atoms with Gasteiger partial charge < -0.3 is 4.42 Å². The van der Waals surface area contributed by atoms with Gasteiger partial charge >= 0.3 is 0 Å². The number of ketones is 2. The number of furan rings is 1. The minimum absolute atomic E-state index is 0.0319. The van der Waals surface area contributed by atoms with E-state index in [1.54, 1.807) is 6.07 Å². The van der Waals surface area contributed by atoms with Gasteiger partial charge in [-0.15, -0.1) is 0 Å². The van der Waals surface area contributed by atoms with Gasteiger partial charge in [-0.25, -0.2) is 0 Å². The normalized spacial score (nSPS) is 12.7. The van der Waals surface area contributed by atoms with E-state index in [1.165, 1.54) is 18.1 Å². The zero-order valence-corrected chi connectivity index (χ0v) is 14.2. The molecule has 4 rings (SSSR count). The Morgan fingerprint density at radius 1 is 1.04 bits per heavy atom. The van der Waals surface area contributed by atoms with Crippen molar-refractivity contribution in [3.8, 4) is 0 Å². The largest absolute Gasteiger partial charge is 0.453 e. The Morgan fingerprint density at radius 2 is 1.83 bits per heavy atom. The number of hydrogen-bond acceptors (Lipinski definition) is 3. The van der Waals surface area contributed by atoms with Crippen LogP contribution in [0.25, 0.3) is 11.0 Å². The zero-order valence-electron chi connectivity index (χ0n) is 14.2. The van der Waals surface area contributed by atoms with Gasteiger partial charge in [0, 0.05) is 24.3 Å². The summed E-state index contributed by atoms with van der Waals surface area (Å²) in [5.41, 5.74) is 5.29. The van der Waals surface area contributed by atoms with E-state index in [0.29, 0.717) is 18.0 Å². The molecule has 24 heavy (non-hydrogen) atoms. The van der Waals surface area contributed by atoms with E-state index in [9.17, 15) is 9.59 Å². The first-order valence-electron chi connectivity index (χ1n) is 8.08. The van der Waals surface area contributed by atoms with E-state index in [1.807, 2.05) is 37.3 Å². The smallest absolute Gasteiger partial charge is 0.194 e. The van der Waals surface area contributed by atoms with Crippen molar-refractivity contribution >= 4 is 22.5 Å². The van der Waals surface area contributed by atoms with E-state index in [2.05, 4.69) is 13.0 Å². The number of fused-ring (bicyclic) bond motifs is 2. The molecular weight excluding hydrogens is 300 g/mol. The third-order valence-corrected chi connectivity index (χ3v) is 4.27. The lowest BCUT2D eigenvalue weighted by molar-refractivity contribution is 0.0983. The summed E-state index contributed by atoms with van der Waals surface area (Å²) in [6.07, 6.45) is 1.65. The highest BCUT2D eigenvalue weighted by Gasteiger charge is 2.18. The summed E-state index contributed by atoms with van der Waals surface area (Å²) in [5.74, 6) is 0.708. The van der Waals surface area contributed by atoms with Crippen LogP contribution >= 0.6 is 0 Å². The highest BCUT2D eigenvalue weighted by molar-refractivity contribution is 6.00. The molecule has 0 aliphatic heterocycles. The third kappa shape index (κ3) is 3.16. The number of para-hydroxylation sites is 1. The molecule has 1 aliphatic carbocycles. The van der Waals surface area contributed by atoms with Gasteiger partial charge in [-0.05, 0) is 37.5 Å². The SMILES string of the molecule is CC(=O)c1cc2cccc(C)c2o1.Cc1ccc2c(c1)CCC2=O. The molecule has 0 bridgehead atoms. The second-order valence-electron chi connectivity index (χ2n) is 6.24. The predicted molar refractivity (Wildman–Crippen MR) is 94.8 cm³/mol. The van der Waals surface area contributed by atoms with E-state index in [-0.39, 0.29) is 5.78 Å². The second kappa shape index (κ2) is 6.44. The van der Waals surface area contributed by atoms with Crippen LogP contribution in [0.5, 0.6) is 0 Å². The molecule has 1 heterocycles. The summed E-state index contributed by atoms with van der Waals surface area (Å²) in [5, 5.41) is 0.991. The van der Waals surface area contributed by atoms with E-state index >= 15 is 0 Å². The van der Waals surface area contributed by atoms with Crippen LogP contribution in [0.3, 0.4) is 0 Å². The summed E-state index contributed by atoms with van der Waals surface area (Å²) < 4.78 is 5.41. The first-order valence-corrected chi connectivity index (χ1v) is 8.08. The average molecular weight is 320 g/mol. The number of rotatable bonds is 1. The lowest BCUT2D eigenvalue weighted by Gasteiger charge is -1.97. The van der Waals surface area contributed by atoms with Crippen molar-refractivity contribution in [2.24, 2.45) is 0 Å². The molecule has 1 aliphatic rings. The first-order chi connectivity index (χ1) is 11.5. The minimum Gasteiger partial charge on any atom is -0.453 e. The van der Waals surface area contributed by atoms with Gasteiger partial charge in [-0.2, -0.15) is 0 Å². The van der Waals surface area contributed by atoms with Crippen LogP contribution in [0.4, 0.5) is 0 Å². The Hall–Kier alpha value is -2.68. The Bertz CT molecular complexity index is 931. The van der Waals surface area contributed by atoms with Crippen LogP contribution in [-0.4, -0.2) is 11.6 Å². The number of carbonyl (C=O) groups is 2. The Kier molecular flexibility index (Phi) is 4.34. The molecule has 3 heteroatoms. The van der Waals surface area contributed by atoms with Crippen molar-refractivity contribution < 1.29 is 14.0 Å². The highest BCUT2D eigenvalue weighted by Crippen LogP contribution is 2.23. The summed E-state index contributed by atoms with van der Waals surface area (Å²) in [7, 11) is 0. The van der Waals surface area contributed by atoms with Gasteiger partial charge in [0.25, 0.3) is 0 Å². The van der Waals surface area contributed by atoms with Crippen molar-refractivity contribution in [1.29, 1.82) is 0 Å². The van der Waals surface area contributed by atoms with Crippen LogP contribution in [0.2, 0.25) is 0 Å². The molecule has 3 nitrogen and oxygen atoms in total. The topological polar surface area (TPSA) is 47.3 Å². The third-order valence-electron chi connectivity index (χ3n) is 4.27. The maximum Gasteiger partial charge on any atom is 0.194 e. The molecule has 0 saturated carbocycles. The molecule has 0 N–H and O–H groups in total. The lowest BCUT2D eigenvalue weighted by Crippen LogP contribution is -1.90. The molecule has 0 saturated heterocycles. The number of aryl methyl sites for hydroxylation is 3. The molecule has 3 aromatic rings. The second-order valence-corrected chi connectivity index (χ2v) is 6.24. The van der Waals surface area contributed by atoms with Crippen LogP contribution in [-0.2, 0) is 6.42 Å². The molecule has 0 amide bonds. The zero-order chi connectivity index (χ0) is 17.3. The maximum absolute atomic E-state index is 11.2. The van der Waals surface area contributed by atoms with E-state index in [0.717, 1.165) is 28.5 Å². The molecule has 0 spiro atoms. The van der Waals surface area contributed by atoms with Crippen molar-refractivity contribution in [3.63, 3.8) is 0 Å². The van der Waals surface area contributed by atoms with Crippen molar-refractivity contribution in [2.75, 3.05) is 0 Å². The van der Waals surface area contributed by atoms with Gasteiger partial charge in [-0.3, -0.25) is 9.59 Å². The van der Waals surface area contributed by atoms with Crippen molar-refractivity contribution in [3.05, 3.63) is 70.5 Å². The molecule has 0 fully saturated rings. The summed E-state index contributed by atoms with van der Waals surface area (Å²) in [6, 6.07) is 13.7. The monoisotopic (exact) mass is 320 g/mol. The average Bonchev–Trinajstić information content (AvgIpc) is 3.13. The fraction of sp³-hybridized carbons (Fsp3) is 0.238. The molecular formula is C21H20O3. The van der Waals surface area contributed by atoms with Gasteiger partial charge in [0.15, 0.2) is 17.3 Å². The summed E-state index contributed by atoms with van der Waals surface area (Å²) in [6.45, 7) is 5.53. The Balaban J connectivity index is 0.000000143. The van der Waals surface area contributed by atoms with Gasteiger partial charge in [0.1, 0.15) is 5.58 Å². The highest BCUT2D eigenvalue weighted by atomic mass is 16.3. The van der Waals surface area contributed by atoms with Crippen LogP contribution < -0.4 is 0 Å². The minimum atomic E-state index is -0.0319. The molecule has 1 aromatic heterocycles. The van der Waals surface area contributed by atoms with Crippen LogP contribution in [0.1, 0.15) is 50.9 Å². The van der Waals surface area contributed by atoms with Crippen LogP contribution in [0.15, 0.2) is 46.9 Å². The molecule has 0 radical (unpaired) electrons. The van der Waals surface area contributed by atoms with Gasteiger partial charge in [0.2, 0.25) is 0 Å². The van der Waals surface area contributed by atoms with Gasteiger partial charge in [-0.1, -0.05) is 42.0 Å². The van der Waals surface area contributed by atoms with Crippen LogP contribution in [0, 0.1) is 13.8 Å². The summed E-state index contributed by atoms with van der Waals surface area (Å²) >= 11 is 0. The first kappa shape index (κ1) is 16.2. The molecule has 122 valence electrons. The number of benzene rings is 2. The summed E-state index contributed by atoms with van der Waals surface area (Å²) in [4.78, 5) is 22.2. The fourth-order valence-electron chi connectivity index (χ4n) is 2.97. The predicted octanol–water partition coefficient (Wildman–Crippen LogP) is 5.07. The van der Waals surface area contributed by atoms with Crippen molar-refractivity contribution in [1.82, 2.24) is 0 Å².